The Labute approximate surface area is 120 Å². The van der Waals surface area contributed by atoms with Gasteiger partial charge < -0.3 is 4.57 Å². The van der Waals surface area contributed by atoms with E-state index in [1.165, 1.54) is 0 Å². The van der Waals surface area contributed by atoms with Gasteiger partial charge in [-0.2, -0.15) is 0 Å². The molecule has 1 heterocycles. The number of aryl methyl sites for hydroxylation is 3. The molecular weight excluding hydrogens is 272 g/mol. The Morgan fingerprint density at radius 3 is 2.55 bits per heavy atom. The van der Waals surface area contributed by atoms with E-state index in [4.69, 9.17) is 0 Å². The molecule has 0 atom stereocenters. The third-order valence-corrected chi connectivity index (χ3v) is 5.30. The predicted molar refractivity (Wildman–Crippen MR) is 79.5 cm³/mol. The van der Waals surface area contributed by atoms with Crippen LogP contribution in [0.15, 0.2) is 35.5 Å². The highest BCUT2D eigenvalue weighted by molar-refractivity contribution is 7.91. The Morgan fingerprint density at radius 2 is 1.95 bits per heavy atom. The molecule has 1 aromatic carbocycles. The fourth-order valence-electron chi connectivity index (χ4n) is 2.12. The molecule has 4 nitrogen and oxygen atoms in total. The molecule has 108 valence electrons. The van der Waals surface area contributed by atoms with Crippen molar-refractivity contribution in [3.05, 3.63) is 47.5 Å². The first-order chi connectivity index (χ1) is 9.40. The minimum Gasteiger partial charge on any atom is -0.335 e. The van der Waals surface area contributed by atoms with Crippen LogP contribution in [-0.2, 0) is 16.4 Å². The molecule has 1 aromatic heterocycles. The summed E-state index contributed by atoms with van der Waals surface area (Å²) in [4.78, 5) is 4.63. The quantitative estimate of drug-likeness (QED) is 0.851. The van der Waals surface area contributed by atoms with E-state index >= 15 is 0 Å². The number of hydrogen-bond donors (Lipinski definition) is 0. The molecule has 0 aliphatic heterocycles. The zero-order valence-corrected chi connectivity index (χ0v) is 12.9. The maximum absolute atomic E-state index is 12.2. The van der Waals surface area contributed by atoms with Crippen LogP contribution in [0.25, 0.3) is 0 Å². The van der Waals surface area contributed by atoms with Crippen molar-refractivity contribution in [1.29, 1.82) is 0 Å². The highest BCUT2D eigenvalue weighted by atomic mass is 32.2. The molecular formula is C15H20N2O2S. The molecule has 20 heavy (non-hydrogen) atoms. The second-order valence-corrected chi connectivity index (χ2v) is 7.21. The molecule has 0 N–H and O–H groups in total. The van der Waals surface area contributed by atoms with Gasteiger partial charge in [0.15, 0.2) is 9.84 Å². The van der Waals surface area contributed by atoms with E-state index in [0.29, 0.717) is 17.9 Å². The average molecular weight is 292 g/mol. The minimum atomic E-state index is -3.19. The molecule has 0 spiro atoms. The Hall–Kier alpha value is -1.62. The topological polar surface area (TPSA) is 52.0 Å². The summed E-state index contributed by atoms with van der Waals surface area (Å²) >= 11 is 0. The molecule has 0 aliphatic rings. The second kappa shape index (κ2) is 5.79. The summed E-state index contributed by atoms with van der Waals surface area (Å²) in [6, 6.07) is 7.07. The lowest BCUT2D eigenvalue weighted by Gasteiger charge is -2.07. The first kappa shape index (κ1) is 14.8. The number of imidazole rings is 1. The van der Waals surface area contributed by atoms with Crippen LogP contribution in [0.5, 0.6) is 0 Å². The van der Waals surface area contributed by atoms with Gasteiger partial charge in [0.1, 0.15) is 0 Å². The Kier molecular flexibility index (Phi) is 4.28. The van der Waals surface area contributed by atoms with Crippen LogP contribution in [0.2, 0.25) is 0 Å². The van der Waals surface area contributed by atoms with E-state index in [9.17, 15) is 8.42 Å². The van der Waals surface area contributed by atoms with Gasteiger partial charge in [-0.1, -0.05) is 12.1 Å². The number of benzene rings is 1. The Balaban J connectivity index is 2.01. The molecule has 0 saturated carbocycles. The molecule has 2 rings (SSSR count). The minimum absolute atomic E-state index is 0.160. The molecule has 0 unspecified atom stereocenters. The lowest BCUT2D eigenvalue weighted by Crippen LogP contribution is -2.10. The Morgan fingerprint density at radius 1 is 1.20 bits per heavy atom. The van der Waals surface area contributed by atoms with Gasteiger partial charge in [0.25, 0.3) is 0 Å². The number of hydrogen-bond acceptors (Lipinski definition) is 3. The largest absolute Gasteiger partial charge is 0.335 e. The highest BCUT2D eigenvalue weighted by Crippen LogP contribution is 2.14. The van der Waals surface area contributed by atoms with Gasteiger partial charge in [-0.25, -0.2) is 13.4 Å². The predicted octanol–water partition coefficient (Wildman–Crippen LogP) is 2.67. The van der Waals surface area contributed by atoms with Gasteiger partial charge in [-0.05, 0) is 44.9 Å². The maximum Gasteiger partial charge on any atom is 0.178 e. The second-order valence-electron chi connectivity index (χ2n) is 5.10. The Bertz CT molecular complexity index is 702. The van der Waals surface area contributed by atoms with Crippen molar-refractivity contribution in [1.82, 2.24) is 9.55 Å². The summed E-state index contributed by atoms with van der Waals surface area (Å²) < 4.78 is 26.5. The van der Waals surface area contributed by atoms with E-state index in [-0.39, 0.29) is 5.75 Å². The molecule has 5 heteroatoms. The van der Waals surface area contributed by atoms with Gasteiger partial charge in [-0.15, -0.1) is 0 Å². The summed E-state index contributed by atoms with van der Waals surface area (Å²) in [6.45, 7) is 6.53. The third-order valence-electron chi connectivity index (χ3n) is 3.51. The monoisotopic (exact) mass is 292 g/mol. The van der Waals surface area contributed by atoms with Crippen molar-refractivity contribution in [2.45, 2.75) is 38.6 Å². The zero-order valence-electron chi connectivity index (χ0n) is 12.1. The van der Waals surface area contributed by atoms with Crippen molar-refractivity contribution in [2.75, 3.05) is 5.75 Å². The van der Waals surface area contributed by atoms with Gasteiger partial charge >= 0.3 is 0 Å². The van der Waals surface area contributed by atoms with Crippen molar-refractivity contribution in [2.24, 2.45) is 0 Å². The van der Waals surface area contributed by atoms with Crippen LogP contribution in [0.3, 0.4) is 0 Å². The van der Waals surface area contributed by atoms with Crippen LogP contribution < -0.4 is 0 Å². The lowest BCUT2D eigenvalue weighted by molar-refractivity contribution is 0.584. The molecule has 0 fully saturated rings. The number of aromatic nitrogens is 2. The van der Waals surface area contributed by atoms with E-state index in [1.807, 2.05) is 31.4 Å². The molecule has 2 aromatic rings. The lowest BCUT2D eigenvalue weighted by atomic mass is 10.2. The maximum atomic E-state index is 12.2. The van der Waals surface area contributed by atoms with E-state index in [2.05, 4.69) is 4.98 Å². The van der Waals surface area contributed by atoms with Crippen LogP contribution in [-0.4, -0.2) is 23.7 Å². The summed E-state index contributed by atoms with van der Waals surface area (Å²) in [5, 5.41) is 0. The molecule has 0 saturated heterocycles. The van der Waals surface area contributed by atoms with Crippen LogP contribution in [0, 0.1) is 20.8 Å². The van der Waals surface area contributed by atoms with Crippen molar-refractivity contribution in [3.63, 3.8) is 0 Å². The standard InChI is InChI=1S/C15H20N2O2S/c1-12-6-4-7-15(10-12)20(18,19)9-5-8-17-11-16-13(2)14(17)3/h4,6-7,10-11H,5,8-9H2,1-3H3. The van der Waals surface area contributed by atoms with E-state index in [1.54, 1.807) is 24.5 Å². The fraction of sp³-hybridized carbons (Fsp3) is 0.400. The summed E-state index contributed by atoms with van der Waals surface area (Å²) in [5.41, 5.74) is 3.05. The normalized spacial score (nSPS) is 11.8. The number of rotatable bonds is 5. The molecule has 0 amide bonds. The highest BCUT2D eigenvalue weighted by Gasteiger charge is 2.14. The summed E-state index contributed by atoms with van der Waals surface area (Å²) in [7, 11) is -3.19. The number of sulfone groups is 1. The first-order valence-corrected chi connectivity index (χ1v) is 8.33. The van der Waals surface area contributed by atoms with Crippen LogP contribution in [0.4, 0.5) is 0 Å². The third kappa shape index (κ3) is 3.28. The smallest absolute Gasteiger partial charge is 0.178 e. The van der Waals surface area contributed by atoms with E-state index < -0.39 is 9.84 Å². The fourth-order valence-corrected chi connectivity index (χ4v) is 3.52. The van der Waals surface area contributed by atoms with Crippen LogP contribution >= 0.6 is 0 Å². The van der Waals surface area contributed by atoms with Crippen molar-refractivity contribution >= 4 is 9.84 Å². The SMILES string of the molecule is Cc1cccc(S(=O)(=O)CCCn2cnc(C)c2C)c1. The summed E-state index contributed by atoms with van der Waals surface area (Å²) in [5.74, 6) is 0.160. The summed E-state index contributed by atoms with van der Waals surface area (Å²) in [6.07, 6.45) is 2.36. The van der Waals surface area contributed by atoms with Crippen molar-refractivity contribution < 1.29 is 8.42 Å². The number of nitrogens with zero attached hydrogens (tertiary/aromatic N) is 2. The van der Waals surface area contributed by atoms with Gasteiger partial charge in [-0.3, -0.25) is 0 Å². The van der Waals surface area contributed by atoms with Gasteiger partial charge in [0, 0.05) is 12.2 Å². The van der Waals surface area contributed by atoms with Gasteiger partial charge in [0.05, 0.1) is 22.7 Å². The molecule has 0 aliphatic carbocycles. The molecule has 0 bridgehead atoms. The van der Waals surface area contributed by atoms with E-state index in [0.717, 1.165) is 17.0 Å². The van der Waals surface area contributed by atoms with Gasteiger partial charge in [0.2, 0.25) is 0 Å². The zero-order chi connectivity index (χ0) is 14.8. The van der Waals surface area contributed by atoms with Crippen LogP contribution in [0.1, 0.15) is 23.4 Å². The first-order valence-electron chi connectivity index (χ1n) is 6.68. The molecule has 0 radical (unpaired) electrons. The average Bonchev–Trinajstić information content (AvgIpc) is 2.70. The van der Waals surface area contributed by atoms with Crippen molar-refractivity contribution in [3.8, 4) is 0 Å².